The summed E-state index contributed by atoms with van der Waals surface area (Å²) < 4.78 is 1.65. The first-order valence-electron chi connectivity index (χ1n) is 9.14. The summed E-state index contributed by atoms with van der Waals surface area (Å²) in [6.07, 6.45) is 0.878. The third-order valence-corrected chi connectivity index (χ3v) is 5.16. The first-order valence-corrected chi connectivity index (χ1v) is 10.1. The molecular weight excluding hydrogens is 372 g/mol. The van der Waals surface area contributed by atoms with Crippen molar-refractivity contribution in [3.8, 4) is 5.69 Å². The van der Waals surface area contributed by atoms with E-state index in [4.69, 9.17) is 0 Å². The molecule has 3 rings (SSSR count). The molecule has 1 heterocycles. The summed E-state index contributed by atoms with van der Waals surface area (Å²) in [6.45, 7) is 3.55. The van der Waals surface area contributed by atoms with Crippen LogP contribution in [0.15, 0.2) is 59.8 Å². The first kappa shape index (κ1) is 19.9. The zero-order valence-corrected chi connectivity index (χ0v) is 16.9. The SMILES string of the molecule is Cc1ccc(-n2nnnc2SCC(=O)NCCCN(C)c2ccccc2)cc1. The van der Waals surface area contributed by atoms with Gasteiger partial charge in [0.15, 0.2) is 0 Å². The summed E-state index contributed by atoms with van der Waals surface area (Å²) in [5, 5.41) is 15.3. The number of benzene rings is 2. The standard InChI is InChI=1S/C20H24N6OS/c1-16-9-11-18(12-10-16)26-20(22-23-24-26)28-15-19(27)21-13-6-14-25(2)17-7-4-3-5-8-17/h3-5,7-12H,6,13-15H2,1-2H3,(H,21,27). The molecule has 8 heteroatoms. The average Bonchev–Trinajstić information content (AvgIpc) is 3.19. The molecule has 0 saturated carbocycles. The summed E-state index contributed by atoms with van der Waals surface area (Å²) in [6, 6.07) is 18.1. The highest BCUT2D eigenvalue weighted by atomic mass is 32.2. The van der Waals surface area contributed by atoms with Crippen molar-refractivity contribution in [1.82, 2.24) is 25.5 Å². The van der Waals surface area contributed by atoms with Crippen molar-refractivity contribution < 1.29 is 4.79 Å². The van der Waals surface area contributed by atoms with Crippen LogP contribution in [0.2, 0.25) is 0 Å². The van der Waals surface area contributed by atoms with Crippen LogP contribution in [0.4, 0.5) is 5.69 Å². The van der Waals surface area contributed by atoms with Gasteiger partial charge in [-0.25, -0.2) is 0 Å². The molecule has 0 fully saturated rings. The molecule has 1 aromatic heterocycles. The lowest BCUT2D eigenvalue weighted by Crippen LogP contribution is -2.29. The van der Waals surface area contributed by atoms with Crippen LogP contribution in [0.5, 0.6) is 0 Å². The maximum atomic E-state index is 12.1. The Morgan fingerprint density at radius 1 is 1.14 bits per heavy atom. The lowest BCUT2D eigenvalue weighted by Gasteiger charge is -2.19. The van der Waals surface area contributed by atoms with Gasteiger partial charge in [-0.05, 0) is 48.0 Å². The summed E-state index contributed by atoms with van der Waals surface area (Å²) in [4.78, 5) is 14.3. The summed E-state index contributed by atoms with van der Waals surface area (Å²) in [5.74, 6) is 0.256. The van der Waals surface area contributed by atoms with Crippen LogP contribution in [-0.4, -0.2) is 52.0 Å². The maximum absolute atomic E-state index is 12.1. The van der Waals surface area contributed by atoms with Gasteiger partial charge < -0.3 is 10.2 Å². The van der Waals surface area contributed by atoms with Gasteiger partial charge in [0, 0.05) is 25.8 Å². The van der Waals surface area contributed by atoms with E-state index in [0.717, 1.165) is 18.7 Å². The second-order valence-electron chi connectivity index (χ2n) is 6.46. The molecule has 1 N–H and O–H groups in total. The number of rotatable bonds is 9. The topological polar surface area (TPSA) is 75.9 Å². The molecule has 1 amide bonds. The van der Waals surface area contributed by atoms with Gasteiger partial charge in [-0.3, -0.25) is 4.79 Å². The minimum Gasteiger partial charge on any atom is -0.375 e. The lowest BCUT2D eigenvalue weighted by atomic mass is 10.2. The Bertz CT molecular complexity index is 881. The smallest absolute Gasteiger partial charge is 0.230 e. The second-order valence-corrected chi connectivity index (χ2v) is 7.40. The third kappa shape index (κ3) is 5.56. The molecule has 0 unspecified atom stereocenters. The van der Waals surface area contributed by atoms with E-state index in [0.29, 0.717) is 11.7 Å². The monoisotopic (exact) mass is 396 g/mol. The Labute approximate surface area is 169 Å². The fraction of sp³-hybridized carbons (Fsp3) is 0.300. The molecule has 2 aromatic carbocycles. The predicted octanol–water partition coefficient (Wildman–Crippen LogP) is 2.71. The first-order chi connectivity index (χ1) is 13.6. The Morgan fingerprint density at radius 2 is 1.89 bits per heavy atom. The summed E-state index contributed by atoms with van der Waals surface area (Å²) in [5.41, 5.74) is 3.22. The molecule has 0 spiro atoms. The van der Waals surface area contributed by atoms with E-state index >= 15 is 0 Å². The van der Waals surface area contributed by atoms with Crippen LogP contribution in [0.1, 0.15) is 12.0 Å². The minimum atomic E-state index is -0.0224. The Morgan fingerprint density at radius 3 is 2.64 bits per heavy atom. The fourth-order valence-electron chi connectivity index (χ4n) is 2.65. The van der Waals surface area contributed by atoms with Crippen molar-refractivity contribution in [3.05, 3.63) is 60.2 Å². The molecule has 0 saturated heterocycles. The van der Waals surface area contributed by atoms with E-state index in [1.54, 1.807) is 4.68 Å². The quantitative estimate of drug-likeness (QED) is 0.443. The number of tetrazole rings is 1. The fourth-order valence-corrected chi connectivity index (χ4v) is 3.37. The van der Waals surface area contributed by atoms with E-state index in [9.17, 15) is 4.79 Å². The predicted molar refractivity (Wildman–Crippen MR) is 112 cm³/mol. The molecule has 0 aliphatic rings. The number of aryl methyl sites for hydroxylation is 1. The highest BCUT2D eigenvalue weighted by molar-refractivity contribution is 7.99. The van der Waals surface area contributed by atoms with Crippen molar-refractivity contribution in [1.29, 1.82) is 0 Å². The van der Waals surface area contributed by atoms with Crippen LogP contribution in [0.3, 0.4) is 0 Å². The number of nitrogens with zero attached hydrogens (tertiary/aromatic N) is 5. The number of para-hydroxylation sites is 1. The van der Waals surface area contributed by atoms with Gasteiger partial charge in [-0.2, -0.15) is 4.68 Å². The third-order valence-electron chi connectivity index (χ3n) is 4.24. The Balaban J connectivity index is 1.40. The summed E-state index contributed by atoms with van der Waals surface area (Å²) >= 11 is 1.33. The molecule has 0 atom stereocenters. The van der Waals surface area contributed by atoms with E-state index < -0.39 is 0 Å². The second kappa shape index (κ2) is 9.89. The Kier molecular flexibility index (Phi) is 7.02. The molecule has 146 valence electrons. The van der Waals surface area contributed by atoms with Crippen molar-refractivity contribution >= 4 is 23.4 Å². The van der Waals surface area contributed by atoms with Crippen LogP contribution >= 0.6 is 11.8 Å². The normalized spacial score (nSPS) is 10.6. The highest BCUT2D eigenvalue weighted by Crippen LogP contribution is 2.18. The zero-order chi connectivity index (χ0) is 19.8. The zero-order valence-electron chi connectivity index (χ0n) is 16.1. The van der Waals surface area contributed by atoms with Crippen molar-refractivity contribution in [2.45, 2.75) is 18.5 Å². The van der Waals surface area contributed by atoms with E-state index in [1.165, 1.54) is 23.0 Å². The van der Waals surface area contributed by atoms with Crippen LogP contribution in [0.25, 0.3) is 5.69 Å². The number of hydrogen-bond donors (Lipinski definition) is 1. The van der Waals surface area contributed by atoms with Crippen molar-refractivity contribution in [2.24, 2.45) is 0 Å². The number of carbonyl (C=O) groups is 1. The molecule has 0 aliphatic heterocycles. The van der Waals surface area contributed by atoms with Gasteiger partial charge in [0.1, 0.15) is 0 Å². The van der Waals surface area contributed by atoms with Crippen molar-refractivity contribution in [2.75, 3.05) is 30.8 Å². The van der Waals surface area contributed by atoms with Gasteiger partial charge in [0.25, 0.3) is 0 Å². The minimum absolute atomic E-state index is 0.0224. The maximum Gasteiger partial charge on any atom is 0.230 e. The number of anilines is 1. The van der Waals surface area contributed by atoms with Crippen molar-refractivity contribution in [3.63, 3.8) is 0 Å². The van der Waals surface area contributed by atoms with Gasteiger partial charge in [-0.1, -0.05) is 47.7 Å². The van der Waals surface area contributed by atoms with Gasteiger partial charge in [0.05, 0.1) is 11.4 Å². The largest absolute Gasteiger partial charge is 0.375 e. The molecule has 3 aromatic rings. The van der Waals surface area contributed by atoms with E-state index in [-0.39, 0.29) is 11.7 Å². The molecule has 7 nitrogen and oxygen atoms in total. The van der Waals surface area contributed by atoms with E-state index in [1.807, 2.05) is 49.4 Å². The molecule has 0 bridgehead atoms. The molecule has 0 aliphatic carbocycles. The number of carbonyl (C=O) groups excluding carboxylic acids is 1. The number of nitrogens with one attached hydrogen (secondary N) is 1. The van der Waals surface area contributed by atoms with Gasteiger partial charge in [0.2, 0.25) is 11.1 Å². The highest BCUT2D eigenvalue weighted by Gasteiger charge is 2.11. The van der Waals surface area contributed by atoms with Crippen LogP contribution in [0, 0.1) is 6.92 Å². The van der Waals surface area contributed by atoms with Gasteiger partial charge in [-0.15, -0.1) is 5.10 Å². The molecule has 0 radical (unpaired) electrons. The van der Waals surface area contributed by atoms with Crippen LogP contribution < -0.4 is 10.2 Å². The molecular formula is C20H24N6OS. The summed E-state index contributed by atoms with van der Waals surface area (Å²) in [7, 11) is 2.05. The van der Waals surface area contributed by atoms with Crippen LogP contribution in [-0.2, 0) is 4.79 Å². The average molecular weight is 397 g/mol. The number of thioether (sulfide) groups is 1. The Hall–Kier alpha value is -2.87. The molecule has 28 heavy (non-hydrogen) atoms. The number of hydrogen-bond acceptors (Lipinski definition) is 6. The number of amides is 1. The lowest BCUT2D eigenvalue weighted by molar-refractivity contribution is -0.118. The van der Waals surface area contributed by atoms with E-state index in [2.05, 4.69) is 44.9 Å². The number of aromatic nitrogens is 4. The van der Waals surface area contributed by atoms with Gasteiger partial charge >= 0.3 is 0 Å².